The van der Waals surface area contributed by atoms with Gasteiger partial charge in [-0.05, 0) is 68.7 Å². The number of benzene rings is 2. The van der Waals surface area contributed by atoms with Crippen molar-refractivity contribution in [3.8, 4) is 16.2 Å². The fraction of sp³-hybridized carbons (Fsp3) is 0.529. The molecule has 3 aliphatic heterocycles. The highest BCUT2D eigenvalue weighted by atomic mass is 35.5. The average molecular weight is 1060 g/mol. The second-order valence-electron chi connectivity index (χ2n) is 20.8. The maximum atomic E-state index is 14.7. The smallest absolute Gasteiger partial charge is 0.258 e. The minimum absolute atomic E-state index is 0.000213. The van der Waals surface area contributed by atoms with Crippen molar-refractivity contribution in [1.82, 2.24) is 40.3 Å². The van der Waals surface area contributed by atoms with Gasteiger partial charge in [0.05, 0.1) is 45.3 Å². The molecule has 4 aromatic rings. The van der Waals surface area contributed by atoms with Crippen molar-refractivity contribution in [2.24, 2.45) is 11.1 Å². The number of halogens is 2. The van der Waals surface area contributed by atoms with Crippen molar-refractivity contribution in [3.05, 3.63) is 70.6 Å². The summed E-state index contributed by atoms with van der Waals surface area (Å²) >= 11 is 9.58. The lowest BCUT2D eigenvalue weighted by Crippen LogP contribution is -2.59. The molecule has 0 radical (unpaired) electrons. The molecule has 0 bridgehead atoms. The molecule has 392 valence electrons. The van der Waals surface area contributed by atoms with Crippen molar-refractivity contribution in [3.63, 3.8) is 0 Å². The Morgan fingerprint density at radius 2 is 1.75 bits per heavy atom. The van der Waals surface area contributed by atoms with E-state index in [1.165, 1.54) is 28.0 Å². The van der Waals surface area contributed by atoms with Crippen molar-refractivity contribution in [1.29, 1.82) is 0 Å². The SMILES string of the molecule is Cc1ncsc1-c1ccc(CNC(=O)[C@@H]2C[C@@H](O)CN2C(=O)[C@@H](NC(=O)C2(F)CC2)C(C)(C)C)c(OCCN2CCN(C(=O)CC(=O)Nc3cccc(Sc4cnc(N5CCC(C)(N)CC5)cn4)c3Cl)CC2)c1. The van der Waals surface area contributed by atoms with Crippen LogP contribution in [-0.2, 0) is 30.5 Å². The van der Waals surface area contributed by atoms with Gasteiger partial charge < -0.3 is 46.2 Å². The van der Waals surface area contributed by atoms with Crippen LogP contribution in [-0.4, -0.2) is 153 Å². The molecule has 1 saturated carbocycles. The van der Waals surface area contributed by atoms with E-state index in [0.29, 0.717) is 71.3 Å². The van der Waals surface area contributed by atoms with Gasteiger partial charge in [-0.25, -0.2) is 19.3 Å². The number of likely N-dealkylation sites (tertiary alicyclic amines) is 1. The number of nitrogens with zero attached hydrogens (tertiary/aromatic N) is 7. The molecule has 6 N–H and O–H groups in total. The third-order valence-corrected chi connectivity index (χ3v) is 16.4. The molecule has 1 aliphatic carbocycles. The number of ether oxygens (including phenoxy) is 1. The summed E-state index contributed by atoms with van der Waals surface area (Å²) in [6.45, 7) is 13.7. The molecule has 3 saturated heterocycles. The summed E-state index contributed by atoms with van der Waals surface area (Å²) < 4.78 is 21.1. The lowest BCUT2D eigenvalue weighted by molar-refractivity contribution is -0.145. The molecule has 3 atom stereocenters. The summed E-state index contributed by atoms with van der Waals surface area (Å²) in [4.78, 5) is 89.6. The molecule has 0 unspecified atom stereocenters. The zero-order valence-electron chi connectivity index (χ0n) is 41.9. The number of alkyl halides is 1. The Hall–Kier alpha value is -5.45. The number of aromatic nitrogens is 3. The first-order valence-electron chi connectivity index (χ1n) is 24.7. The number of carbonyl (C=O) groups excluding carboxylic acids is 5. The van der Waals surface area contributed by atoms with Gasteiger partial charge in [-0.15, -0.1) is 11.3 Å². The zero-order chi connectivity index (χ0) is 52.2. The minimum Gasteiger partial charge on any atom is -0.492 e. The van der Waals surface area contributed by atoms with Gasteiger partial charge in [-0.1, -0.05) is 62.3 Å². The molecule has 22 heteroatoms. The third-order valence-electron chi connectivity index (χ3n) is 13.9. The molecule has 0 spiro atoms. The van der Waals surface area contributed by atoms with Crippen LogP contribution in [0.3, 0.4) is 0 Å². The maximum Gasteiger partial charge on any atom is 0.258 e. The van der Waals surface area contributed by atoms with Crippen LogP contribution in [0.4, 0.5) is 15.9 Å². The summed E-state index contributed by atoms with van der Waals surface area (Å²) in [5, 5.41) is 20.0. The Morgan fingerprint density at radius 1 is 1.01 bits per heavy atom. The number of rotatable bonds is 17. The Morgan fingerprint density at radius 3 is 2.41 bits per heavy atom. The number of hydrogen-bond acceptors (Lipinski definition) is 15. The third kappa shape index (κ3) is 13.5. The number of hydrogen-bond donors (Lipinski definition) is 5. The Kier molecular flexibility index (Phi) is 16.6. The van der Waals surface area contributed by atoms with Crippen LogP contribution in [0.15, 0.2) is 64.2 Å². The highest BCUT2D eigenvalue weighted by molar-refractivity contribution is 7.99. The van der Waals surface area contributed by atoms with Gasteiger partial charge in [0, 0.05) is 81.3 Å². The van der Waals surface area contributed by atoms with Gasteiger partial charge in [0.25, 0.3) is 5.91 Å². The van der Waals surface area contributed by atoms with Gasteiger partial charge >= 0.3 is 0 Å². The number of amides is 5. The molecule has 2 aromatic heterocycles. The molecule has 18 nitrogen and oxygen atoms in total. The van der Waals surface area contributed by atoms with Crippen molar-refractivity contribution < 1.29 is 38.2 Å². The Bertz CT molecular complexity index is 2670. The van der Waals surface area contributed by atoms with Crippen LogP contribution >= 0.6 is 34.7 Å². The second kappa shape index (κ2) is 22.6. The highest BCUT2D eigenvalue weighted by Gasteiger charge is 2.53. The number of aliphatic hydroxyl groups excluding tert-OH is 1. The number of carbonyl (C=O) groups is 5. The van der Waals surface area contributed by atoms with Crippen LogP contribution in [0.5, 0.6) is 5.75 Å². The number of nitrogens with one attached hydrogen (secondary N) is 3. The number of anilines is 2. The minimum atomic E-state index is -1.99. The lowest BCUT2D eigenvalue weighted by atomic mass is 9.85. The molecule has 73 heavy (non-hydrogen) atoms. The summed E-state index contributed by atoms with van der Waals surface area (Å²) in [6, 6.07) is 8.89. The fourth-order valence-corrected chi connectivity index (χ4v) is 11.0. The van der Waals surface area contributed by atoms with E-state index in [9.17, 15) is 33.5 Å². The van der Waals surface area contributed by atoms with E-state index in [0.717, 1.165) is 47.9 Å². The number of nitrogens with two attached hydrogens (primary N) is 1. The molecule has 5 heterocycles. The zero-order valence-corrected chi connectivity index (χ0v) is 44.3. The van der Waals surface area contributed by atoms with E-state index in [4.69, 9.17) is 22.1 Å². The highest BCUT2D eigenvalue weighted by Crippen LogP contribution is 2.41. The molecule has 5 amide bonds. The van der Waals surface area contributed by atoms with E-state index in [1.54, 1.807) is 55.7 Å². The standard InChI is InChI=1S/C51H65ClFN11O7S2/c1-31-44(72-30-58-31)32-9-10-33(26-57-46(68)36-24-34(65)29-64(36)47(69)45(49(2,3)4)60-48(70)51(53)11-12-51)37(23-32)71-22-21-61-17-19-63(20-18-61)42(67)25-40(66)59-35-7-6-8-38(43(35)52)73-41-28-55-39(27-56-41)62-15-13-50(5,54)14-16-62/h6-10,23,27-28,30,34,36,45,65H,11-22,24-26,29,54H2,1-5H3,(H,57,68)(H,59,66)(H,60,70)/t34-,36+,45-/m1/s1. The van der Waals surface area contributed by atoms with E-state index in [-0.39, 0.29) is 50.2 Å². The second-order valence-corrected chi connectivity index (χ2v) is 23.1. The summed E-state index contributed by atoms with van der Waals surface area (Å²) in [5.74, 6) is -1.32. The topological polar surface area (TPSA) is 229 Å². The van der Waals surface area contributed by atoms with Crippen LogP contribution in [0, 0.1) is 12.3 Å². The summed E-state index contributed by atoms with van der Waals surface area (Å²) in [7, 11) is 0. The Labute approximate surface area is 438 Å². The van der Waals surface area contributed by atoms with Gasteiger partial charge in [-0.2, -0.15) is 0 Å². The van der Waals surface area contributed by atoms with Crippen LogP contribution < -0.4 is 31.3 Å². The van der Waals surface area contributed by atoms with Crippen LogP contribution in [0.1, 0.15) is 77.5 Å². The van der Waals surface area contributed by atoms with Crippen LogP contribution in [0.25, 0.3) is 10.4 Å². The monoisotopic (exact) mass is 1060 g/mol. The predicted molar refractivity (Wildman–Crippen MR) is 278 cm³/mol. The summed E-state index contributed by atoms with van der Waals surface area (Å²) in [5.41, 5.74) is 7.94. The predicted octanol–water partition coefficient (Wildman–Crippen LogP) is 5.19. The quantitative estimate of drug-likeness (QED) is 0.0858. The van der Waals surface area contributed by atoms with E-state index >= 15 is 0 Å². The van der Waals surface area contributed by atoms with Crippen molar-refractivity contribution >= 4 is 75.7 Å². The molecule has 4 aliphatic rings. The Balaban J connectivity index is 0.817. The number of piperazine rings is 1. The van der Waals surface area contributed by atoms with E-state index < -0.39 is 52.9 Å². The van der Waals surface area contributed by atoms with Gasteiger partial charge in [0.15, 0.2) is 5.67 Å². The molecular formula is C51H65ClFN11O7S2. The normalized spacial score (nSPS) is 20.0. The molecule has 4 fully saturated rings. The number of aryl methyl sites for hydroxylation is 1. The van der Waals surface area contributed by atoms with Gasteiger partial charge in [0.1, 0.15) is 41.7 Å². The van der Waals surface area contributed by atoms with Gasteiger partial charge in [0.2, 0.25) is 23.6 Å². The first-order chi connectivity index (χ1) is 34.7. The molecule has 2 aromatic carbocycles. The number of aliphatic hydroxyl groups is 1. The summed E-state index contributed by atoms with van der Waals surface area (Å²) in [6.07, 6.45) is 4.08. The first kappa shape index (κ1) is 53.8. The van der Waals surface area contributed by atoms with Crippen molar-refractivity contribution in [2.75, 3.05) is 69.2 Å². The van der Waals surface area contributed by atoms with E-state index in [2.05, 4.69) is 47.6 Å². The first-order valence-corrected chi connectivity index (χ1v) is 26.8. The number of piperidine rings is 1. The molecule has 8 rings (SSSR count). The maximum absolute atomic E-state index is 14.7. The van der Waals surface area contributed by atoms with E-state index in [1.807, 2.05) is 31.2 Å². The van der Waals surface area contributed by atoms with Crippen LogP contribution in [0.2, 0.25) is 5.02 Å². The number of β-amino-alcohol motifs (C(OH)–C–C–N with tert-alkyl or cyclic N) is 1. The van der Waals surface area contributed by atoms with Crippen molar-refractivity contribution in [2.45, 2.75) is 119 Å². The largest absolute Gasteiger partial charge is 0.492 e. The average Bonchev–Trinajstić information content (AvgIpc) is 3.76. The van der Waals surface area contributed by atoms with Gasteiger partial charge in [-0.3, -0.25) is 28.9 Å². The number of thiazole rings is 1. The molecular weight excluding hydrogens is 997 g/mol. The lowest BCUT2D eigenvalue weighted by Gasteiger charge is -2.37. The fourth-order valence-electron chi connectivity index (χ4n) is 9.09.